The Morgan fingerprint density at radius 3 is 2.64 bits per heavy atom. The van der Waals surface area contributed by atoms with Crippen molar-refractivity contribution in [1.29, 1.82) is 0 Å². The van der Waals surface area contributed by atoms with Gasteiger partial charge in [0, 0.05) is 40.3 Å². The molecule has 3 atom stereocenters. The molecule has 0 amide bonds. The highest BCUT2D eigenvalue weighted by Gasteiger charge is 2.56. The fourth-order valence-corrected chi connectivity index (χ4v) is 7.28. The molecular formula is C32H23Cl2F3N6O. The molecule has 0 N–H and O–H groups in total. The first-order valence-electron chi connectivity index (χ1n) is 14.2. The molecule has 0 bridgehead atoms. The Labute approximate surface area is 259 Å². The molecule has 12 heteroatoms. The van der Waals surface area contributed by atoms with Gasteiger partial charge in [-0.2, -0.15) is 13.2 Å². The van der Waals surface area contributed by atoms with Gasteiger partial charge in [-0.05, 0) is 66.5 Å². The van der Waals surface area contributed by atoms with Crippen molar-refractivity contribution >= 4 is 34.5 Å². The van der Waals surface area contributed by atoms with Crippen molar-refractivity contribution in [3.05, 3.63) is 110 Å². The number of hydrogen-bond acceptors (Lipinski definition) is 5. The van der Waals surface area contributed by atoms with Gasteiger partial charge in [0.1, 0.15) is 11.0 Å². The van der Waals surface area contributed by atoms with Gasteiger partial charge in [0.2, 0.25) is 0 Å². The van der Waals surface area contributed by atoms with E-state index in [2.05, 4.69) is 35.1 Å². The van der Waals surface area contributed by atoms with Crippen LogP contribution in [0.25, 0.3) is 22.5 Å². The Hall–Kier alpha value is -4.02. The van der Waals surface area contributed by atoms with Gasteiger partial charge >= 0.3 is 6.18 Å². The van der Waals surface area contributed by atoms with Crippen LogP contribution in [0, 0.1) is 5.92 Å². The number of nitrogens with zero attached hydrogens (tertiary/aromatic N) is 6. The van der Waals surface area contributed by atoms with E-state index in [1.54, 1.807) is 10.6 Å². The predicted octanol–water partition coefficient (Wildman–Crippen LogP) is 7.32. The minimum absolute atomic E-state index is 0.0702. The van der Waals surface area contributed by atoms with Crippen LogP contribution in [0.15, 0.2) is 75.8 Å². The highest BCUT2D eigenvalue weighted by Crippen LogP contribution is 2.60. The van der Waals surface area contributed by atoms with Gasteiger partial charge < -0.3 is 0 Å². The Balaban J connectivity index is 1.12. The maximum atomic E-state index is 13.7. The van der Waals surface area contributed by atoms with Crippen LogP contribution in [0.4, 0.5) is 13.2 Å². The minimum Gasteiger partial charge on any atom is -0.287 e. The molecule has 2 aliphatic heterocycles. The molecule has 1 fully saturated rings. The van der Waals surface area contributed by atoms with Crippen LogP contribution in [0.1, 0.15) is 59.4 Å². The normalized spacial score (nSPS) is 22.2. The summed E-state index contributed by atoms with van der Waals surface area (Å²) < 4.78 is 42.4. The summed E-state index contributed by atoms with van der Waals surface area (Å²) in [5.74, 6) is 0.871. The van der Waals surface area contributed by atoms with Gasteiger partial charge in [-0.3, -0.25) is 9.36 Å². The summed E-state index contributed by atoms with van der Waals surface area (Å²) >= 11 is 13.0. The lowest BCUT2D eigenvalue weighted by molar-refractivity contribution is -0.141. The molecule has 4 aromatic rings. The monoisotopic (exact) mass is 634 g/mol. The maximum absolute atomic E-state index is 13.7. The van der Waals surface area contributed by atoms with Crippen LogP contribution >= 0.6 is 23.2 Å². The van der Waals surface area contributed by atoms with Crippen molar-refractivity contribution < 1.29 is 13.2 Å². The largest absolute Gasteiger partial charge is 0.436 e. The molecule has 1 saturated carbocycles. The van der Waals surface area contributed by atoms with E-state index in [1.165, 1.54) is 34.9 Å². The molecule has 2 aliphatic carbocycles. The molecule has 0 saturated heterocycles. The number of alkyl halides is 3. The first kappa shape index (κ1) is 27.5. The van der Waals surface area contributed by atoms with Crippen molar-refractivity contribution in [2.24, 2.45) is 10.9 Å². The molecule has 4 aliphatic rings. The summed E-state index contributed by atoms with van der Waals surface area (Å²) in [6.07, 6.45) is 0.378. The highest BCUT2D eigenvalue weighted by atomic mass is 35.5. The number of aliphatic imine (C=N–C) groups is 1. The van der Waals surface area contributed by atoms with E-state index in [9.17, 15) is 18.0 Å². The summed E-state index contributed by atoms with van der Waals surface area (Å²) in [5, 5.41) is 7.72. The fourth-order valence-electron chi connectivity index (χ4n) is 6.83. The van der Waals surface area contributed by atoms with Gasteiger partial charge in [0.05, 0.1) is 23.6 Å². The van der Waals surface area contributed by atoms with Gasteiger partial charge in [0.15, 0.2) is 5.69 Å². The van der Waals surface area contributed by atoms with Crippen LogP contribution in [0.3, 0.4) is 0 Å². The number of halogens is 5. The molecular weight excluding hydrogens is 612 g/mol. The third-order valence-electron chi connectivity index (χ3n) is 9.03. The number of rotatable bonds is 4. The molecule has 3 unspecified atom stereocenters. The highest BCUT2D eigenvalue weighted by molar-refractivity contribution is 6.35. The van der Waals surface area contributed by atoms with E-state index >= 15 is 0 Å². The lowest BCUT2D eigenvalue weighted by atomic mass is 9.86. The van der Waals surface area contributed by atoms with E-state index < -0.39 is 11.9 Å². The molecule has 2 aromatic heterocycles. The Morgan fingerprint density at radius 1 is 1.00 bits per heavy atom. The number of aryl methyl sites for hydroxylation is 1. The number of aromatic nitrogens is 5. The smallest absolute Gasteiger partial charge is 0.287 e. The molecule has 2 aromatic carbocycles. The van der Waals surface area contributed by atoms with Crippen LogP contribution in [0.5, 0.6) is 0 Å². The van der Waals surface area contributed by atoms with Gasteiger partial charge in [-0.25, -0.2) is 14.7 Å². The Kier molecular flexibility index (Phi) is 6.09. The molecule has 7 nitrogen and oxygen atoms in total. The third-order valence-corrected chi connectivity index (χ3v) is 9.58. The predicted molar refractivity (Wildman–Crippen MR) is 161 cm³/mol. The maximum Gasteiger partial charge on any atom is 0.436 e. The lowest BCUT2D eigenvalue weighted by Crippen LogP contribution is -2.30. The van der Waals surface area contributed by atoms with Crippen molar-refractivity contribution in [2.45, 2.75) is 50.2 Å². The van der Waals surface area contributed by atoms with Crippen molar-refractivity contribution in [1.82, 2.24) is 24.5 Å². The van der Waals surface area contributed by atoms with E-state index in [-0.39, 0.29) is 29.1 Å². The molecule has 4 heterocycles. The zero-order chi connectivity index (χ0) is 30.5. The van der Waals surface area contributed by atoms with E-state index in [0.29, 0.717) is 33.7 Å². The fraction of sp³-hybridized carbons (Fsp3) is 0.281. The summed E-state index contributed by atoms with van der Waals surface area (Å²) in [6, 6.07) is 12.2. The van der Waals surface area contributed by atoms with Crippen LogP contribution in [-0.4, -0.2) is 30.3 Å². The van der Waals surface area contributed by atoms with Gasteiger partial charge in [-0.15, -0.1) is 5.10 Å². The first-order valence-corrected chi connectivity index (χ1v) is 15.0. The SMILES string of the molecule is C=C1CCc2cc(C3=C(Cl)N=C(C4C5CC5c5nc(-c6cc(Cl)ccc6-n6cc(C(F)(F)F)nn6)cc(=O)n54)C3)ccc2C1. The number of allylic oxidation sites excluding steroid dienone is 2. The minimum atomic E-state index is -4.65. The van der Waals surface area contributed by atoms with Crippen molar-refractivity contribution in [2.75, 3.05) is 0 Å². The summed E-state index contributed by atoms with van der Waals surface area (Å²) in [6.45, 7) is 4.14. The van der Waals surface area contributed by atoms with Gasteiger partial charge in [0.25, 0.3) is 5.56 Å². The van der Waals surface area contributed by atoms with Gasteiger partial charge in [-0.1, -0.05) is 58.8 Å². The molecule has 44 heavy (non-hydrogen) atoms. The Morgan fingerprint density at radius 2 is 1.84 bits per heavy atom. The summed E-state index contributed by atoms with van der Waals surface area (Å²) in [7, 11) is 0. The summed E-state index contributed by atoms with van der Waals surface area (Å²) in [5.41, 5.74) is 6.22. The molecule has 0 spiro atoms. The Bertz CT molecular complexity index is 2040. The first-order chi connectivity index (χ1) is 21.0. The molecule has 8 rings (SSSR count). The second-order valence-corrected chi connectivity index (χ2v) is 12.6. The zero-order valence-electron chi connectivity index (χ0n) is 23.1. The average Bonchev–Trinajstić information content (AvgIpc) is 3.28. The van der Waals surface area contributed by atoms with E-state index in [0.717, 1.165) is 53.4 Å². The topological polar surface area (TPSA) is 78.0 Å². The quantitative estimate of drug-likeness (QED) is 0.174. The second-order valence-electron chi connectivity index (χ2n) is 11.8. The van der Waals surface area contributed by atoms with E-state index in [4.69, 9.17) is 33.2 Å². The van der Waals surface area contributed by atoms with Crippen LogP contribution in [-0.2, 0) is 19.0 Å². The van der Waals surface area contributed by atoms with Crippen LogP contribution < -0.4 is 5.56 Å². The van der Waals surface area contributed by atoms with Crippen LogP contribution in [0.2, 0.25) is 5.02 Å². The standard InChI is InChI=1S/C32H23Cl2F3N6O/c1-15-2-3-17-9-18(5-4-16(17)8-15)20-12-25(38-30(20)34)29-21-11-22(21)31-39-24(13-28(44)43(29)31)23-10-19(33)6-7-26(23)42-14-27(40-41-42)32(35,36)37/h4-7,9-10,13-14,21-22,29H,1-3,8,11-12H2. The average molecular weight is 635 g/mol. The second kappa shape index (κ2) is 9.74. The summed E-state index contributed by atoms with van der Waals surface area (Å²) in [4.78, 5) is 23.4. The lowest BCUT2D eigenvalue weighted by Gasteiger charge is -2.20. The molecule has 222 valence electrons. The third kappa shape index (κ3) is 4.45. The van der Waals surface area contributed by atoms with Crippen molar-refractivity contribution in [3.63, 3.8) is 0 Å². The number of benzene rings is 2. The zero-order valence-corrected chi connectivity index (χ0v) is 24.6. The van der Waals surface area contributed by atoms with E-state index in [1.807, 2.05) is 0 Å². The number of hydrogen-bond donors (Lipinski definition) is 0. The van der Waals surface area contributed by atoms with Crippen molar-refractivity contribution in [3.8, 4) is 16.9 Å². The molecule has 0 radical (unpaired) electrons. The number of fused-ring (bicyclic) bond motifs is 4.